The summed E-state index contributed by atoms with van der Waals surface area (Å²) in [6.07, 6.45) is 1.58. The van der Waals surface area contributed by atoms with Gasteiger partial charge in [-0.05, 0) is 42.8 Å². The molecule has 6 nitrogen and oxygen atoms in total. The minimum Gasteiger partial charge on any atom is -0.497 e. The number of imide groups is 1. The van der Waals surface area contributed by atoms with E-state index in [-0.39, 0.29) is 4.90 Å². The van der Waals surface area contributed by atoms with Crippen molar-refractivity contribution in [2.24, 2.45) is 5.41 Å². The number of methoxy groups -OCH3 is 1. The van der Waals surface area contributed by atoms with E-state index in [1.807, 2.05) is 6.07 Å². The third-order valence-electron chi connectivity index (χ3n) is 4.68. The Labute approximate surface area is 164 Å². The third-order valence-corrected chi connectivity index (χ3v) is 6.65. The molecule has 28 heavy (non-hydrogen) atoms. The van der Waals surface area contributed by atoms with Crippen molar-refractivity contribution in [3.8, 4) is 5.75 Å². The lowest BCUT2D eigenvalue weighted by Gasteiger charge is -2.23. The van der Waals surface area contributed by atoms with E-state index in [4.69, 9.17) is 4.74 Å². The van der Waals surface area contributed by atoms with Crippen LogP contribution in [-0.4, -0.2) is 38.0 Å². The number of carbonyl (C=O) groups is 2. The molecule has 1 unspecified atom stereocenters. The van der Waals surface area contributed by atoms with Crippen molar-refractivity contribution in [2.45, 2.75) is 18.7 Å². The molecule has 1 aliphatic heterocycles. The molecule has 0 N–H and O–H groups in total. The minimum atomic E-state index is -3.77. The van der Waals surface area contributed by atoms with Gasteiger partial charge in [0, 0.05) is 6.92 Å². The molecule has 0 aromatic heterocycles. The highest BCUT2D eigenvalue weighted by Crippen LogP contribution is 2.39. The molecule has 146 valence electrons. The molecule has 2 amide bonds. The van der Waals surface area contributed by atoms with Crippen LogP contribution in [0, 0.1) is 5.41 Å². The zero-order chi connectivity index (χ0) is 20.5. The number of amides is 2. The number of rotatable bonds is 5. The van der Waals surface area contributed by atoms with Crippen LogP contribution in [0.25, 0.3) is 5.70 Å². The molecule has 2 aromatic carbocycles. The van der Waals surface area contributed by atoms with Gasteiger partial charge in [-0.3, -0.25) is 9.59 Å². The number of hydrogen-bond donors (Lipinski definition) is 0. The molecule has 0 bridgehead atoms. The molecule has 7 heteroatoms. The second-order valence-corrected chi connectivity index (χ2v) is 8.90. The Balaban J connectivity index is 2.00. The van der Waals surface area contributed by atoms with Crippen LogP contribution in [0.5, 0.6) is 5.75 Å². The fourth-order valence-corrected chi connectivity index (χ4v) is 5.01. The molecule has 0 aliphatic carbocycles. The lowest BCUT2D eigenvalue weighted by Crippen LogP contribution is -2.40. The molecule has 0 saturated carbocycles. The molecule has 0 fully saturated rings. The van der Waals surface area contributed by atoms with Crippen molar-refractivity contribution in [2.75, 3.05) is 12.9 Å². The maximum absolute atomic E-state index is 13.0. The Bertz CT molecular complexity index is 1040. The van der Waals surface area contributed by atoms with E-state index < -0.39 is 32.8 Å². The van der Waals surface area contributed by atoms with Gasteiger partial charge in [0.25, 0.3) is 0 Å². The summed E-state index contributed by atoms with van der Waals surface area (Å²) in [7, 11) is -2.28. The highest BCUT2D eigenvalue weighted by atomic mass is 32.2. The van der Waals surface area contributed by atoms with Gasteiger partial charge >= 0.3 is 0 Å². The Hall–Kier alpha value is -2.93. The fraction of sp³-hybridized carbons (Fsp3) is 0.238. The second-order valence-electron chi connectivity index (χ2n) is 6.91. The Morgan fingerprint density at radius 2 is 1.68 bits per heavy atom. The third kappa shape index (κ3) is 3.57. The first-order valence-corrected chi connectivity index (χ1v) is 10.3. The first-order chi connectivity index (χ1) is 13.2. The molecular weight excluding hydrogens is 378 g/mol. The van der Waals surface area contributed by atoms with Crippen LogP contribution < -0.4 is 4.74 Å². The van der Waals surface area contributed by atoms with Gasteiger partial charge in [-0.15, -0.1) is 0 Å². The van der Waals surface area contributed by atoms with E-state index in [2.05, 4.69) is 0 Å². The minimum absolute atomic E-state index is 0.0956. The standard InChI is InChI=1S/C21H21NO5S/c1-15(23)22-19(16-7-5-4-6-8-16)13-21(2,20(22)24)14-28(25,26)18-11-9-17(27-3)10-12-18/h4-13H,14H2,1-3H3. The van der Waals surface area contributed by atoms with Crippen LogP contribution in [0.3, 0.4) is 0 Å². The van der Waals surface area contributed by atoms with E-state index in [0.717, 1.165) is 4.90 Å². The van der Waals surface area contributed by atoms with Crippen LogP contribution in [0.4, 0.5) is 0 Å². The van der Waals surface area contributed by atoms with Crippen molar-refractivity contribution >= 4 is 27.3 Å². The molecule has 2 aromatic rings. The highest BCUT2D eigenvalue weighted by molar-refractivity contribution is 7.91. The van der Waals surface area contributed by atoms with Crippen molar-refractivity contribution in [3.63, 3.8) is 0 Å². The lowest BCUT2D eigenvalue weighted by molar-refractivity contribution is -0.142. The van der Waals surface area contributed by atoms with E-state index in [9.17, 15) is 18.0 Å². The van der Waals surface area contributed by atoms with Crippen LogP contribution in [-0.2, 0) is 19.4 Å². The molecular formula is C21H21NO5S. The van der Waals surface area contributed by atoms with Crippen molar-refractivity contribution in [3.05, 3.63) is 66.2 Å². The Morgan fingerprint density at radius 3 is 2.21 bits per heavy atom. The summed E-state index contributed by atoms with van der Waals surface area (Å²) in [5.74, 6) is -0.900. The van der Waals surface area contributed by atoms with Gasteiger partial charge in [0.05, 0.1) is 28.9 Å². The smallest absolute Gasteiger partial charge is 0.244 e. The molecule has 1 atom stereocenters. The van der Waals surface area contributed by atoms with Gasteiger partial charge in [0.1, 0.15) is 5.75 Å². The summed E-state index contributed by atoms with van der Waals surface area (Å²) in [4.78, 5) is 26.3. The topological polar surface area (TPSA) is 80.8 Å². The number of sulfone groups is 1. The molecule has 0 radical (unpaired) electrons. The van der Waals surface area contributed by atoms with Gasteiger partial charge in [-0.1, -0.05) is 30.3 Å². The van der Waals surface area contributed by atoms with Crippen LogP contribution in [0.2, 0.25) is 0 Å². The quantitative estimate of drug-likeness (QED) is 0.772. The van der Waals surface area contributed by atoms with Crippen LogP contribution in [0.1, 0.15) is 19.4 Å². The highest BCUT2D eigenvalue weighted by Gasteiger charge is 2.47. The summed E-state index contributed by atoms with van der Waals surface area (Å²) in [6, 6.07) is 15.0. The summed E-state index contributed by atoms with van der Waals surface area (Å²) >= 11 is 0. The average molecular weight is 399 g/mol. The first kappa shape index (κ1) is 19.8. The summed E-state index contributed by atoms with van der Waals surface area (Å²) in [5, 5.41) is 0. The van der Waals surface area contributed by atoms with E-state index in [0.29, 0.717) is 17.0 Å². The van der Waals surface area contributed by atoms with E-state index >= 15 is 0 Å². The molecule has 0 saturated heterocycles. The summed E-state index contributed by atoms with van der Waals surface area (Å²) in [5.41, 5.74) is -0.266. The maximum atomic E-state index is 13.0. The summed E-state index contributed by atoms with van der Waals surface area (Å²) in [6.45, 7) is 2.83. The second kappa shape index (κ2) is 7.24. The normalized spacial score (nSPS) is 19.5. The Kier molecular flexibility index (Phi) is 5.12. The summed E-state index contributed by atoms with van der Waals surface area (Å²) < 4.78 is 30.9. The first-order valence-electron chi connectivity index (χ1n) is 8.68. The van der Waals surface area contributed by atoms with Gasteiger partial charge in [0.15, 0.2) is 9.84 Å². The van der Waals surface area contributed by atoms with Crippen molar-refractivity contribution in [1.29, 1.82) is 0 Å². The number of benzene rings is 2. The van der Waals surface area contributed by atoms with Crippen molar-refractivity contribution in [1.82, 2.24) is 4.90 Å². The van der Waals surface area contributed by atoms with Gasteiger partial charge in [-0.25, -0.2) is 13.3 Å². The number of hydrogen-bond acceptors (Lipinski definition) is 5. The molecule has 1 aliphatic rings. The monoisotopic (exact) mass is 399 g/mol. The average Bonchev–Trinajstić information content (AvgIpc) is 2.93. The van der Waals surface area contributed by atoms with Gasteiger partial charge in [-0.2, -0.15) is 0 Å². The zero-order valence-corrected chi connectivity index (χ0v) is 16.7. The lowest BCUT2D eigenvalue weighted by atomic mass is 9.93. The van der Waals surface area contributed by atoms with Crippen LogP contribution in [0.15, 0.2) is 65.6 Å². The zero-order valence-electron chi connectivity index (χ0n) is 15.9. The number of nitrogens with zero attached hydrogens (tertiary/aromatic N) is 1. The van der Waals surface area contributed by atoms with E-state index in [1.54, 1.807) is 49.4 Å². The Morgan fingerprint density at radius 1 is 1.07 bits per heavy atom. The largest absolute Gasteiger partial charge is 0.497 e. The fourth-order valence-electron chi connectivity index (χ4n) is 3.29. The maximum Gasteiger partial charge on any atom is 0.244 e. The SMILES string of the molecule is COc1ccc(S(=O)(=O)CC2(C)C=C(c3ccccc3)N(C(C)=O)C2=O)cc1. The number of carbonyl (C=O) groups excluding carboxylic acids is 2. The van der Waals surface area contributed by atoms with Crippen LogP contribution >= 0.6 is 0 Å². The molecule has 0 spiro atoms. The van der Waals surface area contributed by atoms with Gasteiger partial charge in [0.2, 0.25) is 11.8 Å². The van der Waals surface area contributed by atoms with Crippen molar-refractivity contribution < 1.29 is 22.7 Å². The van der Waals surface area contributed by atoms with E-state index in [1.165, 1.54) is 26.2 Å². The molecule has 3 rings (SSSR count). The predicted molar refractivity (Wildman–Crippen MR) is 105 cm³/mol. The number of ether oxygens (including phenoxy) is 1. The predicted octanol–water partition coefficient (Wildman–Crippen LogP) is 2.91. The molecule has 1 heterocycles. The van der Waals surface area contributed by atoms with Gasteiger partial charge < -0.3 is 4.74 Å².